The lowest BCUT2D eigenvalue weighted by molar-refractivity contribution is -0.123. The largest absolute Gasteiger partial charge is 0.497 e. The molecule has 2 atom stereocenters. The highest BCUT2D eigenvalue weighted by atomic mass is 16.5. The summed E-state index contributed by atoms with van der Waals surface area (Å²) in [4.78, 5) is 59.5. The van der Waals surface area contributed by atoms with Crippen LogP contribution in [0.1, 0.15) is 49.5 Å². The van der Waals surface area contributed by atoms with Gasteiger partial charge in [0.1, 0.15) is 23.4 Å². The van der Waals surface area contributed by atoms with E-state index in [-0.39, 0.29) is 66.9 Å². The van der Waals surface area contributed by atoms with Crippen molar-refractivity contribution in [3.05, 3.63) is 89.0 Å². The maximum absolute atomic E-state index is 13.9. The van der Waals surface area contributed by atoms with E-state index in [0.717, 1.165) is 31.5 Å². The lowest BCUT2D eigenvalue weighted by Gasteiger charge is -2.35. The Balaban J connectivity index is 1.29. The average Bonchev–Trinajstić information content (AvgIpc) is 3.50. The summed E-state index contributed by atoms with van der Waals surface area (Å²) in [6.45, 7) is 2.19. The van der Waals surface area contributed by atoms with Crippen LogP contribution in [0.5, 0.6) is 17.2 Å². The number of methoxy groups -OCH3 is 1. The maximum atomic E-state index is 13.9. The Morgan fingerprint density at radius 1 is 0.938 bits per heavy atom. The van der Waals surface area contributed by atoms with Crippen molar-refractivity contribution >= 4 is 23.6 Å². The minimum atomic E-state index is -0.573. The number of hydrogen-bond donors (Lipinski definition) is 2. The molecule has 4 aliphatic rings. The van der Waals surface area contributed by atoms with E-state index < -0.39 is 18.1 Å². The number of rotatable bonds is 4. The highest BCUT2D eigenvalue weighted by molar-refractivity contribution is 6.01. The van der Waals surface area contributed by atoms with Crippen molar-refractivity contribution in [2.45, 2.75) is 37.6 Å². The quantitative estimate of drug-likeness (QED) is 0.439. The Bertz CT molecular complexity index is 1670. The molecule has 4 bridgehead atoms. The predicted octanol–water partition coefficient (Wildman–Crippen LogP) is 2.57. The summed E-state index contributed by atoms with van der Waals surface area (Å²) in [6.07, 6.45) is 1.12. The van der Waals surface area contributed by atoms with Gasteiger partial charge in [0.25, 0.3) is 23.6 Å². The second-order valence-corrected chi connectivity index (χ2v) is 12.6. The zero-order chi connectivity index (χ0) is 33.8. The average molecular weight is 656 g/mol. The summed E-state index contributed by atoms with van der Waals surface area (Å²) >= 11 is 0. The van der Waals surface area contributed by atoms with Crippen molar-refractivity contribution in [3.63, 3.8) is 0 Å². The molecule has 0 aromatic heterocycles. The second kappa shape index (κ2) is 14.3. The maximum Gasteiger partial charge on any atom is 0.258 e. The molecule has 12 heteroatoms. The first-order valence-electron chi connectivity index (χ1n) is 16.2. The predicted molar refractivity (Wildman–Crippen MR) is 177 cm³/mol. The fraction of sp³-hybridized carbons (Fsp3) is 0.389. The van der Waals surface area contributed by atoms with Crippen molar-refractivity contribution in [1.82, 2.24) is 25.3 Å². The number of fused-ring (bicyclic) bond motifs is 7. The van der Waals surface area contributed by atoms with Crippen LogP contribution in [0.2, 0.25) is 0 Å². The Kier molecular flexibility index (Phi) is 9.81. The molecule has 2 fully saturated rings. The Hall–Kier alpha value is -5.10. The Labute approximate surface area is 279 Å². The van der Waals surface area contributed by atoms with Gasteiger partial charge in [-0.2, -0.15) is 0 Å². The van der Waals surface area contributed by atoms with Crippen molar-refractivity contribution in [3.8, 4) is 17.2 Å². The molecule has 12 nitrogen and oxygen atoms in total. The Morgan fingerprint density at radius 2 is 1.71 bits per heavy atom. The van der Waals surface area contributed by atoms with Gasteiger partial charge in [-0.05, 0) is 87.1 Å². The molecule has 0 saturated carbocycles. The normalized spacial score (nSPS) is 20.4. The van der Waals surface area contributed by atoms with E-state index >= 15 is 0 Å². The first-order chi connectivity index (χ1) is 23.2. The summed E-state index contributed by atoms with van der Waals surface area (Å²) in [5.41, 5.74) is 1.79. The number of nitrogens with one attached hydrogen (secondary N) is 2. The van der Waals surface area contributed by atoms with Crippen LogP contribution < -0.4 is 24.8 Å². The smallest absolute Gasteiger partial charge is 0.258 e. The van der Waals surface area contributed by atoms with Crippen LogP contribution in [0.3, 0.4) is 0 Å². The molecule has 7 rings (SSSR count). The number of amides is 4. The van der Waals surface area contributed by atoms with Crippen LogP contribution in [0, 0.1) is 0 Å². The standard InChI is InChI=1S/C36H41N5O7/c1-39-13-11-27(12-14-39)40(2)35(44)26-15-25-17-30(18-26)47-22-33(42)37-19-23-7-9-28(10-8-23)48-32-21-41(20-31(32)38-34(25)43)36(45)24-5-4-6-29(16-24)46-3/h4-10,15-18,27,31-32H,11-14,19-22H2,1-3H3,(H,37,42)(H,38,43)/t31-,32-/m0/s1. The van der Waals surface area contributed by atoms with E-state index in [0.29, 0.717) is 17.1 Å². The zero-order valence-electron chi connectivity index (χ0n) is 27.4. The second-order valence-electron chi connectivity index (χ2n) is 12.6. The van der Waals surface area contributed by atoms with Gasteiger partial charge in [-0.15, -0.1) is 0 Å². The monoisotopic (exact) mass is 655 g/mol. The molecule has 0 aliphatic carbocycles. The van der Waals surface area contributed by atoms with Gasteiger partial charge in [-0.1, -0.05) is 18.2 Å². The number of piperidine rings is 1. The van der Waals surface area contributed by atoms with Gasteiger partial charge < -0.3 is 39.5 Å². The first-order valence-corrected chi connectivity index (χ1v) is 16.2. The van der Waals surface area contributed by atoms with Crippen molar-refractivity contribution < 1.29 is 33.4 Å². The molecular formula is C36H41N5O7. The fourth-order valence-electron chi connectivity index (χ4n) is 6.34. The third kappa shape index (κ3) is 7.54. The minimum Gasteiger partial charge on any atom is -0.497 e. The van der Waals surface area contributed by atoms with E-state index in [1.165, 1.54) is 6.07 Å². The van der Waals surface area contributed by atoms with Crippen LogP contribution in [-0.2, 0) is 11.3 Å². The molecule has 48 heavy (non-hydrogen) atoms. The Morgan fingerprint density at radius 3 is 2.46 bits per heavy atom. The van der Waals surface area contributed by atoms with E-state index in [4.69, 9.17) is 14.2 Å². The summed E-state index contributed by atoms with van der Waals surface area (Å²) in [5, 5.41) is 5.89. The molecule has 3 aromatic carbocycles. The number of carbonyl (C=O) groups is 4. The first kappa shape index (κ1) is 32.8. The van der Waals surface area contributed by atoms with Crippen LogP contribution >= 0.6 is 0 Å². The minimum absolute atomic E-state index is 0.0629. The van der Waals surface area contributed by atoms with E-state index in [1.807, 2.05) is 12.1 Å². The summed E-state index contributed by atoms with van der Waals surface area (Å²) in [6, 6.07) is 18.3. The van der Waals surface area contributed by atoms with Crippen LogP contribution in [0.15, 0.2) is 66.7 Å². The summed E-state index contributed by atoms with van der Waals surface area (Å²) in [5.74, 6) is 0.0857. The number of benzene rings is 3. The number of ether oxygens (including phenoxy) is 3. The fourth-order valence-corrected chi connectivity index (χ4v) is 6.34. The molecule has 3 aromatic rings. The SMILES string of the molecule is COc1cccc(C(=O)N2C[C@@H]3NC(=O)c4cc(cc(C(=O)N(C)C5CCN(C)CC5)c4)OCC(=O)NCc4ccc(cc4)O[C@H]3C2)c1. The van der Waals surface area contributed by atoms with Crippen molar-refractivity contribution in [2.24, 2.45) is 0 Å². The molecule has 4 amide bonds. The molecule has 4 heterocycles. The number of hydrogen-bond acceptors (Lipinski definition) is 8. The zero-order valence-corrected chi connectivity index (χ0v) is 27.4. The molecule has 2 N–H and O–H groups in total. The van der Waals surface area contributed by atoms with Crippen LogP contribution in [0.25, 0.3) is 0 Å². The van der Waals surface area contributed by atoms with Crippen LogP contribution in [-0.4, -0.2) is 111 Å². The highest BCUT2D eigenvalue weighted by Crippen LogP contribution is 2.25. The number of likely N-dealkylation sites (tertiary alicyclic amines) is 2. The lowest BCUT2D eigenvalue weighted by Crippen LogP contribution is -2.45. The third-order valence-corrected chi connectivity index (χ3v) is 9.23. The summed E-state index contributed by atoms with van der Waals surface area (Å²) in [7, 11) is 5.39. The van der Waals surface area contributed by atoms with E-state index in [2.05, 4.69) is 22.6 Å². The van der Waals surface area contributed by atoms with Gasteiger partial charge in [0.2, 0.25) is 0 Å². The van der Waals surface area contributed by atoms with Gasteiger partial charge in [0.15, 0.2) is 6.61 Å². The van der Waals surface area contributed by atoms with Crippen LogP contribution in [0.4, 0.5) is 0 Å². The lowest BCUT2D eigenvalue weighted by atomic mass is 10.0. The topological polar surface area (TPSA) is 130 Å². The molecule has 0 spiro atoms. The summed E-state index contributed by atoms with van der Waals surface area (Å²) < 4.78 is 17.5. The molecule has 252 valence electrons. The van der Waals surface area contributed by atoms with E-state index in [9.17, 15) is 19.2 Å². The molecule has 2 saturated heterocycles. The molecular weight excluding hydrogens is 614 g/mol. The van der Waals surface area contributed by atoms with Gasteiger partial charge in [-0.25, -0.2) is 0 Å². The van der Waals surface area contributed by atoms with E-state index in [1.54, 1.807) is 72.5 Å². The van der Waals surface area contributed by atoms with Gasteiger partial charge in [0, 0.05) is 42.9 Å². The molecule has 4 aliphatic heterocycles. The van der Waals surface area contributed by atoms with Gasteiger partial charge in [-0.3, -0.25) is 19.2 Å². The van der Waals surface area contributed by atoms with Crippen molar-refractivity contribution in [1.29, 1.82) is 0 Å². The number of carbonyl (C=O) groups excluding carboxylic acids is 4. The van der Waals surface area contributed by atoms with Crippen molar-refractivity contribution in [2.75, 3.05) is 54.0 Å². The molecule has 0 radical (unpaired) electrons. The molecule has 0 unspecified atom stereocenters. The van der Waals surface area contributed by atoms with Gasteiger partial charge in [0.05, 0.1) is 19.7 Å². The van der Waals surface area contributed by atoms with Gasteiger partial charge >= 0.3 is 0 Å². The number of nitrogens with zero attached hydrogens (tertiary/aromatic N) is 3. The third-order valence-electron chi connectivity index (χ3n) is 9.23. The highest BCUT2D eigenvalue weighted by Gasteiger charge is 2.39.